The highest BCUT2D eigenvalue weighted by Crippen LogP contribution is 2.38. The molecule has 0 aromatic heterocycles. The summed E-state index contributed by atoms with van der Waals surface area (Å²) in [5, 5.41) is 10.00. The standard InChI is InChI=1S/C14H16O2/c1-6-7(2)9(4)12-11(8(6)3)13(15)10(5)14(12)16/h15H,1-5H3. The number of carbonyl (C=O) groups is 1. The quantitative estimate of drug-likeness (QED) is 0.721. The van der Waals surface area contributed by atoms with Gasteiger partial charge in [-0.05, 0) is 56.9 Å². The van der Waals surface area contributed by atoms with Crippen LogP contribution in [0, 0.1) is 27.7 Å². The second kappa shape index (κ2) is 3.21. The fraction of sp³-hybridized carbons (Fsp3) is 0.357. The van der Waals surface area contributed by atoms with Crippen molar-refractivity contribution < 1.29 is 9.90 Å². The van der Waals surface area contributed by atoms with E-state index >= 15 is 0 Å². The average molecular weight is 216 g/mol. The van der Waals surface area contributed by atoms with Crippen LogP contribution in [0.25, 0.3) is 5.76 Å². The molecule has 0 radical (unpaired) electrons. The minimum absolute atomic E-state index is 0.0313. The Kier molecular flexibility index (Phi) is 2.19. The van der Waals surface area contributed by atoms with E-state index in [1.54, 1.807) is 6.92 Å². The molecule has 2 nitrogen and oxygen atoms in total. The largest absolute Gasteiger partial charge is 0.507 e. The molecule has 16 heavy (non-hydrogen) atoms. The van der Waals surface area contributed by atoms with Crippen LogP contribution in [0.4, 0.5) is 0 Å². The number of fused-ring (bicyclic) bond motifs is 1. The van der Waals surface area contributed by atoms with Gasteiger partial charge in [0.1, 0.15) is 5.76 Å². The molecule has 2 heteroatoms. The molecule has 1 aromatic rings. The molecule has 0 aliphatic heterocycles. The van der Waals surface area contributed by atoms with Gasteiger partial charge in [0.05, 0.1) is 0 Å². The van der Waals surface area contributed by atoms with E-state index < -0.39 is 0 Å². The zero-order valence-corrected chi connectivity index (χ0v) is 10.4. The molecular formula is C14H16O2. The van der Waals surface area contributed by atoms with Crippen molar-refractivity contribution in [1.82, 2.24) is 0 Å². The van der Waals surface area contributed by atoms with Gasteiger partial charge in [0.15, 0.2) is 5.78 Å². The average Bonchev–Trinajstić information content (AvgIpc) is 2.48. The first-order chi connectivity index (χ1) is 7.37. The Hall–Kier alpha value is -1.57. The summed E-state index contributed by atoms with van der Waals surface area (Å²) < 4.78 is 0. The van der Waals surface area contributed by atoms with Crippen LogP contribution in [0.1, 0.15) is 45.1 Å². The third-order valence-corrected chi connectivity index (χ3v) is 3.85. The first-order valence-corrected chi connectivity index (χ1v) is 5.43. The summed E-state index contributed by atoms with van der Waals surface area (Å²) in [6, 6.07) is 0. The molecule has 2 rings (SSSR count). The van der Waals surface area contributed by atoms with Gasteiger partial charge in [-0.25, -0.2) is 0 Å². The molecule has 0 saturated heterocycles. The second-order valence-electron chi connectivity index (χ2n) is 4.55. The number of ketones is 1. The smallest absolute Gasteiger partial charge is 0.193 e. The van der Waals surface area contributed by atoms with Crippen LogP contribution in [0.15, 0.2) is 5.57 Å². The lowest BCUT2D eigenvalue weighted by atomic mass is 9.89. The second-order valence-corrected chi connectivity index (χ2v) is 4.55. The van der Waals surface area contributed by atoms with Gasteiger partial charge in [0, 0.05) is 16.7 Å². The van der Waals surface area contributed by atoms with E-state index in [-0.39, 0.29) is 11.5 Å². The molecule has 0 heterocycles. The van der Waals surface area contributed by atoms with E-state index in [1.165, 1.54) is 0 Å². The molecule has 84 valence electrons. The Labute approximate surface area is 95.6 Å². The van der Waals surface area contributed by atoms with Gasteiger partial charge in [-0.2, -0.15) is 0 Å². The number of Topliss-reactive ketones (excluding diaryl/α,β-unsaturated/α-hetero) is 1. The molecule has 0 amide bonds. The van der Waals surface area contributed by atoms with Crippen LogP contribution < -0.4 is 0 Å². The minimum atomic E-state index is -0.0313. The number of aliphatic hydroxyl groups excluding tert-OH is 1. The van der Waals surface area contributed by atoms with Crippen molar-refractivity contribution in [2.45, 2.75) is 34.6 Å². The molecule has 1 aliphatic carbocycles. The highest BCUT2D eigenvalue weighted by molar-refractivity contribution is 6.20. The Morgan fingerprint density at radius 1 is 0.750 bits per heavy atom. The van der Waals surface area contributed by atoms with Gasteiger partial charge in [-0.15, -0.1) is 0 Å². The van der Waals surface area contributed by atoms with Gasteiger partial charge in [0.25, 0.3) is 0 Å². The summed E-state index contributed by atoms with van der Waals surface area (Å²) in [6.07, 6.45) is 0. The summed E-state index contributed by atoms with van der Waals surface area (Å²) in [5.74, 6) is 0.125. The normalized spacial score (nSPS) is 14.7. The fourth-order valence-electron chi connectivity index (χ4n) is 2.37. The van der Waals surface area contributed by atoms with Crippen molar-refractivity contribution in [2.24, 2.45) is 0 Å². The first-order valence-electron chi connectivity index (χ1n) is 5.43. The van der Waals surface area contributed by atoms with Crippen molar-refractivity contribution in [2.75, 3.05) is 0 Å². The molecule has 0 atom stereocenters. The van der Waals surface area contributed by atoms with E-state index in [1.807, 2.05) is 27.7 Å². The number of aliphatic hydroxyl groups is 1. The molecule has 1 N–H and O–H groups in total. The molecular weight excluding hydrogens is 200 g/mol. The maximum absolute atomic E-state index is 12.0. The maximum atomic E-state index is 12.0. The lowest BCUT2D eigenvalue weighted by Crippen LogP contribution is -2.05. The summed E-state index contributed by atoms with van der Waals surface area (Å²) in [5.41, 5.74) is 6.20. The maximum Gasteiger partial charge on any atom is 0.193 e. The third kappa shape index (κ3) is 1.10. The van der Waals surface area contributed by atoms with Gasteiger partial charge in [-0.1, -0.05) is 0 Å². The Bertz CT molecular complexity index is 549. The Balaban J connectivity index is 2.94. The molecule has 1 aromatic carbocycles. The van der Waals surface area contributed by atoms with Crippen molar-refractivity contribution in [1.29, 1.82) is 0 Å². The van der Waals surface area contributed by atoms with E-state index in [9.17, 15) is 9.90 Å². The van der Waals surface area contributed by atoms with Gasteiger partial charge in [0.2, 0.25) is 0 Å². The monoisotopic (exact) mass is 216 g/mol. The van der Waals surface area contributed by atoms with Gasteiger partial charge < -0.3 is 5.11 Å². The predicted molar refractivity (Wildman–Crippen MR) is 64.9 cm³/mol. The van der Waals surface area contributed by atoms with Crippen molar-refractivity contribution in [3.05, 3.63) is 39.0 Å². The van der Waals surface area contributed by atoms with Gasteiger partial charge in [-0.3, -0.25) is 4.79 Å². The van der Waals surface area contributed by atoms with Crippen LogP contribution >= 0.6 is 0 Å². The number of hydrogen-bond donors (Lipinski definition) is 1. The van der Waals surface area contributed by atoms with Crippen LogP contribution in [-0.4, -0.2) is 10.9 Å². The summed E-state index contributed by atoms with van der Waals surface area (Å²) in [7, 11) is 0. The lowest BCUT2D eigenvalue weighted by Gasteiger charge is -2.14. The topological polar surface area (TPSA) is 37.3 Å². The highest BCUT2D eigenvalue weighted by atomic mass is 16.3. The van der Waals surface area contributed by atoms with E-state index in [0.29, 0.717) is 11.1 Å². The zero-order valence-electron chi connectivity index (χ0n) is 10.4. The highest BCUT2D eigenvalue weighted by Gasteiger charge is 2.31. The Morgan fingerprint density at radius 3 is 1.69 bits per heavy atom. The Morgan fingerprint density at radius 2 is 1.19 bits per heavy atom. The molecule has 1 aliphatic rings. The lowest BCUT2D eigenvalue weighted by molar-refractivity contribution is 0.103. The molecule has 0 unspecified atom stereocenters. The molecule has 0 spiro atoms. The van der Waals surface area contributed by atoms with Gasteiger partial charge >= 0.3 is 0 Å². The fourth-order valence-corrected chi connectivity index (χ4v) is 2.37. The third-order valence-electron chi connectivity index (χ3n) is 3.85. The first kappa shape index (κ1) is 10.9. The number of carbonyl (C=O) groups excluding carboxylic acids is 1. The molecule has 0 saturated carbocycles. The SMILES string of the molecule is CC1=C(O)c2c(C)c(C)c(C)c(C)c2C1=O. The number of hydrogen-bond acceptors (Lipinski definition) is 2. The molecule has 0 bridgehead atoms. The number of rotatable bonds is 0. The van der Waals surface area contributed by atoms with E-state index in [0.717, 1.165) is 27.8 Å². The number of allylic oxidation sites excluding steroid dienone is 1. The van der Waals surface area contributed by atoms with Crippen molar-refractivity contribution >= 4 is 11.5 Å². The summed E-state index contributed by atoms with van der Waals surface area (Å²) in [4.78, 5) is 12.0. The van der Waals surface area contributed by atoms with Crippen molar-refractivity contribution in [3.63, 3.8) is 0 Å². The van der Waals surface area contributed by atoms with Crippen LogP contribution in [-0.2, 0) is 0 Å². The zero-order chi connectivity index (χ0) is 12.2. The van der Waals surface area contributed by atoms with Crippen LogP contribution in [0.5, 0.6) is 0 Å². The summed E-state index contributed by atoms with van der Waals surface area (Å²) in [6.45, 7) is 9.65. The van der Waals surface area contributed by atoms with Crippen LogP contribution in [0.3, 0.4) is 0 Å². The van der Waals surface area contributed by atoms with Crippen LogP contribution in [0.2, 0.25) is 0 Å². The van der Waals surface area contributed by atoms with E-state index in [4.69, 9.17) is 0 Å². The van der Waals surface area contributed by atoms with Crippen molar-refractivity contribution in [3.8, 4) is 0 Å². The summed E-state index contributed by atoms with van der Waals surface area (Å²) >= 11 is 0. The number of benzene rings is 1. The molecule has 0 fully saturated rings. The minimum Gasteiger partial charge on any atom is -0.507 e. The van der Waals surface area contributed by atoms with E-state index in [2.05, 4.69) is 0 Å². The predicted octanol–water partition coefficient (Wildman–Crippen LogP) is 3.41.